The molecule has 0 spiro atoms. The van der Waals surface area contributed by atoms with Gasteiger partial charge in [0.05, 0.1) is 0 Å². The summed E-state index contributed by atoms with van der Waals surface area (Å²) < 4.78 is 0. The van der Waals surface area contributed by atoms with Crippen molar-refractivity contribution in [2.24, 2.45) is 11.8 Å². The monoisotopic (exact) mass is 601 g/mol. The van der Waals surface area contributed by atoms with Crippen LogP contribution < -0.4 is 5.32 Å². The van der Waals surface area contributed by atoms with E-state index in [2.05, 4.69) is 154 Å². The van der Waals surface area contributed by atoms with E-state index in [9.17, 15) is 0 Å². The third-order valence-electron chi connectivity index (χ3n) is 9.99. The van der Waals surface area contributed by atoms with Crippen molar-refractivity contribution < 1.29 is 0 Å². The molecule has 4 rings (SSSR count). The quantitative estimate of drug-likeness (QED) is 0.0994. The summed E-state index contributed by atoms with van der Waals surface area (Å²) in [4.78, 5) is 0. The average Bonchev–Trinajstić information content (AvgIpc) is 3.07. The molecule has 0 atom stereocenters. The summed E-state index contributed by atoms with van der Waals surface area (Å²) in [7, 11) is 0. The fraction of sp³-hybridized carbons (Fsp3) is 0.455. The maximum atomic E-state index is 3.89. The van der Waals surface area contributed by atoms with Gasteiger partial charge in [0, 0.05) is 10.8 Å². The molecule has 0 bridgehead atoms. The Balaban J connectivity index is 1.43. The van der Waals surface area contributed by atoms with E-state index in [1.54, 1.807) is 0 Å². The van der Waals surface area contributed by atoms with Crippen LogP contribution in [0.15, 0.2) is 121 Å². The molecule has 0 aliphatic carbocycles. The van der Waals surface area contributed by atoms with Gasteiger partial charge in [0.15, 0.2) is 0 Å². The molecule has 0 aromatic heterocycles. The Kier molecular flexibility index (Phi) is 14.0. The lowest BCUT2D eigenvalue weighted by Crippen LogP contribution is -2.31. The Morgan fingerprint density at radius 2 is 0.667 bits per heavy atom. The highest BCUT2D eigenvalue weighted by Gasteiger charge is 2.34. The van der Waals surface area contributed by atoms with Gasteiger partial charge in [0.2, 0.25) is 0 Å². The van der Waals surface area contributed by atoms with Crippen LogP contribution in [0.25, 0.3) is 0 Å². The summed E-state index contributed by atoms with van der Waals surface area (Å²) >= 11 is 0. The summed E-state index contributed by atoms with van der Waals surface area (Å²) in [6, 6.07) is 45.3. The van der Waals surface area contributed by atoms with Gasteiger partial charge in [-0.25, -0.2) is 0 Å². The number of hydrogen-bond acceptors (Lipinski definition) is 1. The van der Waals surface area contributed by atoms with Crippen LogP contribution in [0, 0.1) is 11.8 Å². The summed E-state index contributed by atoms with van der Waals surface area (Å²) in [5.41, 5.74) is 6.00. The van der Waals surface area contributed by atoms with Gasteiger partial charge in [0.1, 0.15) is 0 Å². The first-order valence-corrected chi connectivity index (χ1v) is 17.9. The van der Waals surface area contributed by atoms with Crippen molar-refractivity contribution in [2.45, 2.75) is 103 Å². The molecule has 0 radical (unpaired) electrons. The molecule has 0 amide bonds. The second kappa shape index (κ2) is 18.1. The molecule has 1 heteroatoms. The molecule has 45 heavy (non-hydrogen) atoms. The lowest BCUT2D eigenvalue weighted by Gasteiger charge is -2.36. The fourth-order valence-electron chi connectivity index (χ4n) is 7.55. The van der Waals surface area contributed by atoms with Crippen molar-refractivity contribution in [2.75, 3.05) is 13.1 Å². The van der Waals surface area contributed by atoms with E-state index < -0.39 is 0 Å². The van der Waals surface area contributed by atoms with E-state index in [-0.39, 0.29) is 10.8 Å². The third-order valence-corrected chi connectivity index (χ3v) is 9.99. The van der Waals surface area contributed by atoms with Crippen molar-refractivity contribution >= 4 is 0 Å². The van der Waals surface area contributed by atoms with Crippen molar-refractivity contribution in [3.8, 4) is 0 Å². The molecule has 4 aromatic carbocycles. The predicted octanol–water partition coefficient (Wildman–Crippen LogP) is 11.8. The van der Waals surface area contributed by atoms with E-state index in [1.807, 2.05) is 0 Å². The van der Waals surface area contributed by atoms with Gasteiger partial charge in [0.25, 0.3) is 0 Å². The lowest BCUT2D eigenvalue weighted by atomic mass is 9.68. The van der Waals surface area contributed by atoms with Crippen molar-refractivity contribution in [3.63, 3.8) is 0 Å². The summed E-state index contributed by atoms with van der Waals surface area (Å²) in [6.07, 6.45) is 12.1. The predicted molar refractivity (Wildman–Crippen MR) is 196 cm³/mol. The fourth-order valence-corrected chi connectivity index (χ4v) is 7.55. The molecule has 0 aliphatic rings. The first-order chi connectivity index (χ1) is 22.0. The Bertz CT molecular complexity index is 1130. The van der Waals surface area contributed by atoms with E-state index in [0.717, 1.165) is 24.9 Å². The molecule has 240 valence electrons. The van der Waals surface area contributed by atoms with Gasteiger partial charge >= 0.3 is 0 Å². The maximum Gasteiger partial charge on any atom is 0.0203 e. The SMILES string of the molecule is CC(C)CCCC(CCCNCCCC(CCCC(C)C)(c1ccccc1)c1ccccc1)(c1ccccc1)c1ccccc1. The minimum absolute atomic E-state index is 0.0608. The molecule has 4 aromatic rings. The molecule has 0 saturated carbocycles. The summed E-state index contributed by atoms with van der Waals surface area (Å²) in [5, 5.41) is 3.89. The maximum absolute atomic E-state index is 3.89. The summed E-state index contributed by atoms with van der Waals surface area (Å²) in [5.74, 6) is 1.47. The van der Waals surface area contributed by atoms with Gasteiger partial charge in [-0.3, -0.25) is 0 Å². The van der Waals surface area contributed by atoms with Gasteiger partial charge < -0.3 is 5.32 Å². The number of nitrogens with one attached hydrogen (secondary N) is 1. The van der Waals surface area contributed by atoms with Crippen LogP contribution in [0.1, 0.15) is 114 Å². The van der Waals surface area contributed by atoms with Gasteiger partial charge in [-0.15, -0.1) is 0 Å². The second-order valence-electron chi connectivity index (χ2n) is 14.2. The molecule has 1 nitrogen and oxygen atoms in total. The Morgan fingerprint density at radius 1 is 0.400 bits per heavy atom. The standard InChI is InChI=1S/C44H59N/c1-37(2)21-17-31-43(39-23-9-5-10-24-39,40-25-11-6-12-26-40)33-19-35-45-36-20-34-44(32-18-22-38(3)4,41-27-13-7-14-28-41)42-29-15-8-16-30-42/h5-16,23-30,37-38,45H,17-22,31-36H2,1-4H3. The molecular weight excluding hydrogens is 542 g/mol. The van der Waals surface area contributed by atoms with Crippen molar-refractivity contribution in [3.05, 3.63) is 144 Å². The van der Waals surface area contributed by atoms with E-state index >= 15 is 0 Å². The van der Waals surface area contributed by atoms with E-state index in [1.165, 1.54) is 86.5 Å². The van der Waals surface area contributed by atoms with Crippen LogP contribution in [0.3, 0.4) is 0 Å². The van der Waals surface area contributed by atoms with Crippen molar-refractivity contribution in [1.29, 1.82) is 0 Å². The molecule has 1 N–H and O–H groups in total. The van der Waals surface area contributed by atoms with Gasteiger partial charge in [-0.05, 0) is 85.7 Å². The zero-order chi connectivity index (χ0) is 31.8. The number of hydrogen-bond donors (Lipinski definition) is 1. The van der Waals surface area contributed by atoms with Crippen LogP contribution in [0.5, 0.6) is 0 Å². The minimum Gasteiger partial charge on any atom is -0.317 e. The molecule has 0 fully saturated rings. The summed E-state index contributed by atoms with van der Waals surface area (Å²) in [6.45, 7) is 11.5. The minimum atomic E-state index is 0.0608. The highest BCUT2D eigenvalue weighted by atomic mass is 14.8. The van der Waals surface area contributed by atoms with E-state index in [4.69, 9.17) is 0 Å². The molecule has 0 heterocycles. The van der Waals surface area contributed by atoms with Gasteiger partial charge in [-0.1, -0.05) is 175 Å². The van der Waals surface area contributed by atoms with Gasteiger partial charge in [-0.2, -0.15) is 0 Å². The highest BCUT2D eigenvalue weighted by molar-refractivity contribution is 5.40. The molecular formula is C44H59N. The van der Waals surface area contributed by atoms with Crippen LogP contribution in [0.2, 0.25) is 0 Å². The lowest BCUT2D eigenvalue weighted by molar-refractivity contribution is 0.373. The largest absolute Gasteiger partial charge is 0.317 e. The Morgan fingerprint density at radius 3 is 0.933 bits per heavy atom. The normalized spacial score (nSPS) is 12.2. The molecule has 0 unspecified atom stereocenters. The van der Waals surface area contributed by atoms with Crippen LogP contribution in [-0.4, -0.2) is 13.1 Å². The number of rotatable bonds is 20. The Hall–Kier alpha value is -3.16. The van der Waals surface area contributed by atoms with Crippen LogP contribution in [0.4, 0.5) is 0 Å². The Labute approximate surface area is 275 Å². The van der Waals surface area contributed by atoms with E-state index in [0.29, 0.717) is 0 Å². The molecule has 0 saturated heterocycles. The zero-order valence-corrected chi connectivity index (χ0v) is 28.7. The van der Waals surface area contributed by atoms with Crippen LogP contribution >= 0.6 is 0 Å². The van der Waals surface area contributed by atoms with Crippen LogP contribution in [-0.2, 0) is 10.8 Å². The van der Waals surface area contributed by atoms with Crippen molar-refractivity contribution in [1.82, 2.24) is 5.32 Å². The second-order valence-corrected chi connectivity index (χ2v) is 14.2. The number of benzene rings is 4. The first kappa shape index (κ1) is 34.7. The highest BCUT2D eigenvalue weighted by Crippen LogP contribution is 2.43. The smallest absolute Gasteiger partial charge is 0.0203 e. The topological polar surface area (TPSA) is 12.0 Å². The zero-order valence-electron chi connectivity index (χ0n) is 28.7. The average molecular weight is 602 g/mol. The third kappa shape index (κ3) is 9.91. The molecule has 0 aliphatic heterocycles. The first-order valence-electron chi connectivity index (χ1n) is 17.9.